The van der Waals surface area contributed by atoms with Crippen molar-refractivity contribution in [3.05, 3.63) is 23.8 Å². The minimum Gasteiger partial charge on any atom is -0.504 e. The summed E-state index contributed by atoms with van der Waals surface area (Å²) in [4.78, 5) is 4.66. The summed E-state index contributed by atoms with van der Waals surface area (Å²) >= 11 is 0. The van der Waals surface area contributed by atoms with Crippen LogP contribution in [0.15, 0.2) is 23.2 Å². The Labute approximate surface area is 193 Å². The lowest BCUT2D eigenvalue weighted by molar-refractivity contribution is -0.147. The summed E-state index contributed by atoms with van der Waals surface area (Å²) in [6.07, 6.45) is 14.5. The summed E-state index contributed by atoms with van der Waals surface area (Å²) in [6.45, 7) is 5.38. The van der Waals surface area contributed by atoms with Crippen molar-refractivity contribution in [3.8, 4) is 11.5 Å². The number of hydrogen-bond acceptors (Lipinski definition) is 4. The van der Waals surface area contributed by atoms with Gasteiger partial charge in [0.25, 0.3) is 0 Å². The van der Waals surface area contributed by atoms with Gasteiger partial charge in [-0.25, -0.2) is 0 Å². The molecule has 0 heterocycles. The number of aromatic hydroxyl groups is 1. The number of methoxy groups -OCH3 is 1. The third kappa shape index (κ3) is 3.23. The number of para-hydroxylation sites is 1. The van der Waals surface area contributed by atoms with E-state index in [0.717, 1.165) is 37.0 Å². The summed E-state index contributed by atoms with van der Waals surface area (Å²) in [5.74, 6) is 3.73. The van der Waals surface area contributed by atoms with Crippen molar-refractivity contribution in [3.63, 3.8) is 0 Å². The Morgan fingerprint density at radius 2 is 1.84 bits per heavy atom. The molecule has 0 aromatic heterocycles. The van der Waals surface area contributed by atoms with Crippen LogP contribution in [0.4, 0.5) is 0 Å². The highest BCUT2D eigenvalue weighted by molar-refractivity contribution is 5.84. The second-order valence-corrected chi connectivity index (χ2v) is 11.8. The van der Waals surface area contributed by atoms with E-state index in [0.29, 0.717) is 29.2 Å². The molecule has 0 saturated heterocycles. The maximum atomic E-state index is 11.9. The maximum Gasteiger partial charge on any atom is 0.166 e. The molecule has 4 saturated carbocycles. The molecule has 4 nitrogen and oxygen atoms in total. The number of fused-ring (bicyclic) bond motifs is 5. The number of benzene rings is 1. The van der Waals surface area contributed by atoms with Crippen molar-refractivity contribution >= 4 is 6.21 Å². The standard InChI is InChI=1S/C28H41NO3/c1-26-14-5-4-8-20(26)10-11-21-22(26)12-15-27(2)23(21)13-16-28(27,31)18-29-17-19-7-6-9-24(32-3)25(19)30/h6-7,9,17,20-23,30-31H,4-5,8,10-16,18H2,1-3H3/t20-,21+,22-,23-,26-,27-,28+/m0/s1. The van der Waals surface area contributed by atoms with E-state index < -0.39 is 5.60 Å². The van der Waals surface area contributed by atoms with Gasteiger partial charge in [0.1, 0.15) is 0 Å². The zero-order chi connectivity index (χ0) is 22.6. The van der Waals surface area contributed by atoms with Crippen molar-refractivity contribution in [1.82, 2.24) is 0 Å². The molecule has 0 amide bonds. The number of rotatable bonds is 4. The van der Waals surface area contributed by atoms with E-state index in [9.17, 15) is 10.2 Å². The highest BCUT2D eigenvalue weighted by Crippen LogP contribution is 2.68. The smallest absolute Gasteiger partial charge is 0.166 e. The van der Waals surface area contributed by atoms with Gasteiger partial charge in [-0.15, -0.1) is 0 Å². The Hall–Kier alpha value is -1.55. The van der Waals surface area contributed by atoms with Gasteiger partial charge in [0.2, 0.25) is 0 Å². The second kappa shape index (κ2) is 8.04. The molecule has 1 aromatic rings. The number of nitrogens with zero attached hydrogens (tertiary/aromatic N) is 1. The molecule has 0 bridgehead atoms. The van der Waals surface area contributed by atoms with Crippen LogP contribution in [0.2, 0.25) is 0 Å². The molecule has 32 heavy (non-hydrogen) atoms. The summed E-state index contributed by atoms with van der Waals surface area (Å²) in [6, 6.07) is 5.42. The molecule has 0 aliphatic heterocycles. The van der Waals surface area contributed by atoms with Crippen LogP contribution in [0.1, 0.15) is 83.6 Å². The number of phenols is 1. The summed E-state index contributed by atoms with van der Waals surface area (Å²) in [5, 5.41) is 22.2. The lowest BCUT2D eigenvalue weighted by atomic mass is 9.44. The van der Waals surface area contributed by atoms with Crippen LogP contribution in [0.3, 0.4) is 0 Å². The van der Waals surface area contributed by atoms with E-state index in [1.54, 1.807) is 19.4 Å². The highest BCUT2D eigenvalue weighted by atomic mass is 16.5. The molecule has 4 aliphatic rings. The first-order chi connectivity index (χ1) is 15.3. The molecule has 4 fully saturated rings. The quantitative estimate of drug-likeness (QED) is 0.567. The second-order valence-electron chi connectivity index (χ2n) is 11.8. The minimum atomic E-state index is -0.752. The summed E-state index contributed by atoms with van der Waals surface area (Å²) in [5.41, 5.74) is 0.364. The lowest BCUT2D eigenvalue weighted by Gasteiger charge is -2.61. The maximum absolute atomic E-state index is 11.9. The van der Waals surface area contributed by atoms with Gasteiger partial charge in [0.05, 0.1) is 19.3 Å². The van der Waals surface area contributed by atoms with Crippen LogP contribution in [0.25, 0.3) is 0 Å². The van der Waals surface area contributed by atoms with Crippen molar-refractivity contribution < 1.29 is 14.9 Å². The Bertz CT molecular complexity index is 883. The van der Waals surface area contributed by atoms with Crippen molar-refractivity contribution in [2.45, 2.75) is 83.7 Å². The van der Waals surface area contributed by atoms with Crippen LogP contribution in [-0.2, 0) is 0 Å². The lowest BCUT2D eigenvalue weighted by Crippen LogP contribution is -2.56. The number of ether oxygens (including phenoxy) is 1. The Balaban J connectivity index is 1.34. The molecule has 5 rings (SSSR count). The Morgan fingerprint density at radius 1 is 1.03 bits per heavy atom. The normalized spacial score (nSPS) is 43.5. The molecule has 1 aromatic carbocycles. The molecule has 0 unspecified atom stereocenters. The monoisotopic (exact) mass is 439 g/mol. The predicted molar refractivity (Wildman–Crippen MR) is 128 cm³/mol. The van der Waals surface area contributed by atoms with E-state index in [2.05, 4.69) is 18.8 Å². The number of phenolic OH excluding ortho intramolecular Hbond substituents is 1. The van der Waals surface area contributed by atoms with E-state index in [1.807, 2.05) is 12.1 Å². The zero-order valence-electron chi connectivity index (χ0n) is 20.1. The van der Waals surface area contributed by atoms with Gasteiger partial charge in [-0.05, 0) is 92.6 Å². The number of aliphatic hydroxyl groups is 1. The first kappa shape index (κ1) is 22.3. The van der Waals surface area contributed by atoms with Crippen molar-refractivity contribution in [1.29, 1.82) is 0 Å². The van der Waals surface area contributed by atoms with Gasteiger partial charge in [-0.2, -0.15) is 0 Å². The fraction of sp³-hybridized carbons (Fsp3) is 0.750. The molecule has 0 spiro atoms. The average Bonchev–Trinajstić information content (AvgIpc) is 3.05. The molecule has 2 N–H and O–H groups in total. The molecule has 4 heteroatoms. The van der Waals surface area contributed by atoms with Gasteiger partial charge >= 0.3 is 0 Å². The third-order valence-electron chi connectivity index (χ3n) is 10.7. The zero-order valence-corrected chi connectivity index (χ0v) is 20.1. The van der Waals surface area contributed by atoms with Gasteiger partial charge in [-0.3, -0.25) is 4.99 Å². The number of aliphatic imine (C=N–C) groups is 1. The third-order valence-corrected chi connectivity index (χ3v) is 10.7. The van der Waals surface area contributed by atoms with Crippen molar-refractivity contribution in [2.24, 2.45) is 39.5 Å². The van der Waals surface area contributed by atoms with Crippen molar-refractivity contribution in [2.75, 3.05) is 13.7 Å². The Kier molecular flexibility index (Phi) is 5.59. The SMILES string of the molecule is COc1cccc(C=NC[C@]2(O)CC[C@H]3[C@@H]4CC[C@@H]5CCCC[C@]5(C)[C@H]4CC[C@@]32C)c1O. The molecule has 176 valence electrons. The molecule has 0 radical (unpaired) electrons. The van der Waals surface area contributed by atoms with Gasteiger partial charge in [-0.1, -0.05) is 32.8 Å². The first-order valence-electron chi connectivity index (χ1n) is 12.9. The largest absolute Gasteiger partial charge is 0.504 e. The van der Waals surface area contributed by atoms with Gasteiger partial charge in [0.15, 0.2) is 11.5 Å². The van der Waals surface area contributed by atoms with E-state index in [4.69, 9.17) is 4.74 Å². The Morgan fingerprint density at radius 3 is 2.66 bits per heavy atom. The first-order valence-corrected chi connectivity index (χ1v) is 12.9. The van der Waals surface area contributed by atoms with Crippen LogP contribution >= 0.6 is 0 Å². The van der Waals surface area contributed by atoms with Crippen LogP contribution in [0.5, 0.6) is 11.5 Å². The average molecular weight is 440 g/mol. The van der Waals surface area contributed by atoms with E-state index >= 15 is 0 Å². The topological polar surface area (TPSA) is 62.0 Å². The van der Waals surface area contributed by atoms with Crippen LogP contribution in [-0.4, -0.2) is 35.7 Å². The van der Waals surface area contributed by atoms with Crippen LogP contribution in [0, 0.1) is 34.5 Å². The minimum absolute atomic E-state index is 0.0558. The number of hydrogen-bond donors (Lipinski definition) is 2. The van der Waals surface area contributed by atoms with E-state index in [1.165, 1.54) is 44.9 Å². The fourth-order valence-electron chi connectivity index (χ4n) is 8.77. The molecule has 4 aliphatic carbocycles. The van der Waals surface area contributed by atoms with Crippen LogP contribution < -0.4 is 4.74 Å². The molecular formula is C28H41NO3. The molecule has 7 atom stereocenters. The van der Waals surface area contributed by atoms with Gasteiger partial charge < -0.3 is 14.9 Å². The highest BCUT2D eigenvalue weighted by Gasteiger charge is 2.64. The van der Waals surface area contributed by atoms with Gasteiger partial charge in [0, 0.05) is 17.2 Å². The summed E-state index contributed by atoms with van der Waals surface area (Å²) in [7, 11) is 1.55. The fourth-order valence-corrected chi connectivity index (χ4v) is 8.77. The molecular weight excluding hydrogens is 398 g/mol. The summed E-state index contributed by atoms with van der Waals surface area (Å²) < 4.78 is 5.21. The predicted octanol–water partition coefficient (Wildman–Crippen LogP) is 5.98. The van der Waals surface area contributed by atoms with E-state index in [-0.39, 0.29) is 11.2 Å².